The van der Waals surface area contributed by atoms with Crippen LogP contribution in [0.3, 0.4) is 0 Å². The zero-order valence-corrected chi connectivity index (χ0v) is 16.9. The lowest BCUT2D eigenvalue weighted by molar-refractivity contribution is -0.122. The van der Waals surface area contributed by atoms with Crippen LogP contribution in [0.15, 0.2) is 62.8 Å². The van der Waals surface area contributed by atoms with Crippen molar-refractivity contribution in [2.75, 3.05) is 0 Å². The van der Waals surface area contributed by atoms with Crippen molar-refractivity contribution >= 4 is 38.6 Å². The molecule has 0 spiro atoms. The third-order valence-corrected chi connectivity index (χ3v) is 6.11. The number of benzene rings is 2. The number of amidine groups is 1. The fraction of sp³-hybridized carbons (Fsp3) is 0.150. The van der Waals surface area contributed by atoms with Gasteiger partial charge in [-0.25, -0.2) is 8.42 Å². The van der Waals surface area contributed by atoms with Crippen LogP contribution in [0.4, 0.5) is 0 Å². The molecule has 1 aromatic heterocycles. The normalized spacial score (nSPS) is 16.7. The molecular formula is C20H18N4O5S. The molecule has 1 atom stereocenters. The van der Waals surface area contributed by atoms with Crippen LogP contribution in [0, 0.1) is 6.92 Å². The van der Waals surface area contributed by atoms with Crippen LogP contribution in [-0.4, -0.2) is 32.1 Å². The van der Waals surface area contributed by atoms with Gasteiger partial charge in [-0.2, -0.15) is 0 Å². The molecule has 0 saturated heterocycles. The molecule has 0 unspecified atom stereocenters. The van der Waals surface area contributed by atoms with E-state index in [9.17, 15) is 18.0 Å². The molecule has 0 fully saturated rings. The zero-order chi connectivity index (χ0) is 21.5. The molecule has 2 aromatic carbocycles. The van der Waals surface area contributed by atoms with E-state index in [-0.39, 0.29) is 16.5 Å². The first-order valence-electron chi connectivity index (χ1n) is 9.06. The van der Waals surface area contributed by atoms with Gasteiger partial charge in [0.05, 0.1) is 4.90 Å². The highest BCUT2D eigenvalue weighted by atomic mass is 32.2. The third-order valence-electron chi connectivity index (χ3n) is 4.71. The number of rotatable bonds is 3. The van der Waals surface area contributed by atoms with Crippen LogP contribution in [-0.2, 0) is 14.8 Å². The van der Waals surface area contributed by atoms with Crippen LogP contribution in [0.25, 0.3) is 11.0 Å². The van der Waals surface area contributed by atoms with Gasteiger partial charge < -0.3 is 4.42 Å². The first-order valence-corrected chi connectivity index (χ1v) is 10.5. The highest BCUT2D eigenvalue weighted by molar-refractivity contribution is 7.90. The number of para-hydroxylation sites is 1. The zero-order valence-electron chi connectivity index (χ0n) is 16.1. The molecule has 3 aromatic rings. The van der Waals surface area contributed by atoms with E-state index >= 15 is 0 Å². The molecule has 4 rings (SSSR count). The molecule has 154 valence electrons. The standard InChI is InChI=1S/C20H18N4O5S/c1-11-13-7-3-5-9-15(13)29-17(11)20(26)23-22-19(25)12(2)21-18-14-8-4-6-10-16(14)30(27,28)24-18/h3-10,12H,1-2H3,(H,21,24)(H,22,25)(H,23,26)/t12-/m0/s1. The molecule has 0 saturated carbocycles. The van der Waals surface area contributed by atoms with E-state index < -0.39 is 27.9 Å². The summed E-state index contributed by atoms with van der Waals surface area (Å²) < 4.78 is 32.2. The number of furan rings is 1. The summed E-state index contributed by atoms with van der Waals surface area (Å²) in [5.41, 5.74) is 6.20. The monoisotopic (exact) mass is 426 g/mol. The second-order valence-corrected chi connectivity index (χ2v) is 8.40. The molecule has 1 aliphatic heterocycles. The van der Waals surface area contributed by atoms with Gasteiger partial charge in [0.1, 0.15) is 17.5 Å². The van der Waals surface area contributed by atoms with E-state index in [0.717, 1.165) is 5.39 Å². The van der Waals surface area contributed by atoms with Crippen molar-refractivity contribution in [2.45, 2.75) is 24.8 Å². The van der Waals surface area contributed by atoms with Crippen molar-refractivity contribution < 1.29 is 22.4 Å². The third kappa shape index (κ3) is 3.41. The molecule has 2 heterocycles. The first-order chi connectivity index (χ1) is 14.3. The summed E-state index contributed by atoms with van der Waals surface area (Å²) in [5.74, 6) is -1.06. The Hall–Kier alpha value is -3.66. The number of fused-ring (bicyclic) bond motifs is 2. The van der Waals surface area contributed by atoms with Gasteiger partial charge in [-0.3, -0.25) is 30.2 Å². The van der Waals surface area contributed by atoms with Crippen molar-refractivity contribution in [3.05, 3.63) is 65.4 Å². The molecule has 9 nitrogen and oxygen atoms in total. The van der Waals surface area contributed by atoms with Crippen molar-refractivity contribution in [1.29, 1.82) is 0 Å². The maximum atomic E-state index is 12.4. The summed E-state index contributed by atoms with van der Waals surface area (Å²) >= 11 is 0. The number of aryl methyl sites for hydroxylation is 1. The van der Waals surface area contributed by atoms with Gasteiger partial charge in [-0.15, -0.1) is 0 Å². The Labute approximate surface area is 172 Å². The van der Waals surface area contributed by atoms with Crippen molar-refractivity contribution in [1.82, 2.24) is 15.6 Å². The number of nitrogens with zero attached hydrogens (tertiary/aromatic N) is 1. The predicted octanol–water partition coefficient (Wildman–Crippen LogP) is 1.63. The summed E-state index contributed by atoms with van der Waals surface area (Å²) in [4.78, 5) is 29.0. The number of aliphatic imine (C=N–C) groups is 1. The molecule has 2 amide bonds. The number of nitrogens with one attached hydrogen (secondary N) is 3. The number of hydrazine groups is 1. The SMILES string of the molecule is Cc1c(C(=O)NNC(=O)[C@H](C)N=C2NS(=O)(=O)c3ccccc32)oc2ccccc12. The van der Waals surface area contributed by atoms with Crippen molar-refractivity contribution in [3.63, 3.8) is 0 Å². The second-order valence-electron chi connectivity index (χ2n) is 6.75. The molecular weight excluding hydrogens is 408 g/mol. The van der Waals surface area contributed by atoms with E-state index in [1.54, 1.807) is 37.3 Å². The summed E-state index contributed by atoms with van der Waals surface area (Å²) in [6.45, 7) is 3.23. The van der Waals surface area contributed by atoms with Crippen molar-refractivity contribution in [2.24, 2.45) is 4.99 Å². The number of sulfonamides is 1. The first kappa shape index (κ1) is 19.6. The lowest BCUT2D eigenvalue weighted by Gasteiger charge is -2.10. The Morgan fingerprint density at radius 2 is 1.77 bits per heavy atom. The molecule has 3 N–H and O–H groups in total. The average molecular weight is 426 g/mol. The Morgan fingerprint density at radius 3 is 2.53 bits per heavy atom. The Balaban J connectivity index is 1.46. The molecule has 30 heavy (non-hydrogen) atoms. The fourth-order valence-electron chi connectivity index (χ4n) is 3.15. The summed E-state index contributed by atoms with van der Waals surface area (Å²) in [7, 11) is -3.70. The number of hydrogen-bond donors (Lipinski definition) is 3. The van der Waals surface area contributed by atoms with Gasteiger partial charge in [-0.1, -0.05) is 30.3 Å². The number of carbonyl (C=O) groups is 2. The molecule has 0 bridgehead atoms. The summed E-state index contributed by atoms with van der Waals surface area (Å²) in [5, 5.41) is 0.806. The Bertz CT molecular complexity index is 1310. The van der Waals surface area contributed by atoms with Crippen LogP contribution in [0.1, 0.15) is 28.6 Å². The van der Waals surface area contributed by atoms with Gasteiger partial charge in [0.15, 0.2) is 5.76 Å². The maximum absolute atomic E-state index is 12.4. The minimum absolute atomic E-state index is 0.0766. The van der Waals surface area contributed by atoms with E-state index in [0.29, 0.717) is 16.7 Å². The minimum atomic E-state index is -3.70. The molecule has 10 heteroatoms. The van der Waals surface area contributed by atoms with E-state index in [2.05, 4.69) is 20.6 Å². The minimum Gasteiger partial charge on any atom is -0.451 e. The number of carbonyl (C=O) groups excluding carboxylic acids is 2. The van der Waals surface area contributed by atoms with E-state index in [1.165, 1.54) is 13.0 Å². The lowest BCUT2D eigenvalue weighted by Crippen LogP contribution is -2.45. The van der Waals surface area contributed by atoms with Gasteiger partial charge >= 0.3 is 5.91 Å². The van der Waals surface area contributed by atoms with Gasteiger partial charge in [0.25, 0.3) is 15.9 Å². The second kappa shape index (κ2) is 7.30. The number of hydrogen-bond acceptors (Lipinski definition) is 6. The Morgan fingerprint density at radius 1 is 1.07 bits per heavy atom. The van der Waals surface area contributed by atoms with Gasteiger partial charge in [0.2, 0.25) is 0 Å². The van der Waals surface area contributed by atoms with Crippen LogP contribution >= 0.6 is 0 Å². The Kier molecular flexibility index (Phi) is 4.78. The van der Waals surface area contributed by atoms with E-state index in [1.807, 2.05) is 12.1 Å². The quantitative estimate of drug-likeness (QED) is 0.548. The highest BCUT2D eigenvalue weighted by Crippen LogP contribution is 2.25. The average Bonchev–Trinajstić information content (AvgIpc) is 3.20. The van der Waals surface area contributed by atoms with Crippen LogP contribution in [0.2, 0.25) is 0 Å². The fourth-order valence-corrected chi connectivity index (χ4v) is 4.39. The smallest absolute Gasteiger partial charge is 0.305 e. The van der Waals surface area contributed by atoms with Gasteiger partial charge in [-0.05, 0) is 32.0 Å². The van der Waals surface area contributed by atoms with Crippen molar-refractivity contribution in [3.8, 4) is 0 Å². The van der Waals surface area contributed by atoms with Crippen LogP contribution < -0.4 is 15.6 Å². The molecule has 0 radical (unpaired) electrons. The maximum Gasteiger partial charge on any atom is 0.305 e. The van der Waals surface area contributed by atoms with Gasteiger partial charge in [0, 0.05) is 16.5 Å². The van der Waals surface area contributed by atoms with Crippen LogP contribution in [0.5, 0.6) is 0 Å². The predicted molar refractivity (Wildman–Crippen MR) is 109 cm³/mol. The highest BCUT2D eigenvalue weighted by Gasteiger charge is 2.31. The summed E-state index contributed by atoms with van der Waals surface area (Å²) in [6.07, 6.45) is 0. The lowest BCUT2D eigenvalue weighted by atomic mass is 10.1. The summed E-state index contributed by atoms with van der Waals surface area (Å²) in [6, 6.07) is 12.6. The molecule has 1 aliphatic rings. The number of amides is 2. The van der Waals surface area contributed by atoms with E-state index in [4.69, 9.17) is 4.42 Å². The largest absolute Gasteiger partial charge is 0.451 e. The topological polar surface area (TPSA) is 130 Å². The molecule has 0 aliphatic carbocycles.